The summed E-state index contributed by atoms with van der Waals surface area (Å²) in [5, 5.41) is 12.7. The van der Waals surface area contributed by atoms with Gasteiger partial charge in [-0.2, -0.15) is 0 Å². The van der Waals surface area contributed by atoms with Crippen LogP contribution in [0.2, 0.25) is 0 Å². The summed E-state index contributed by atoms with van der Waals surface area (Å²) in [6, 6.07) is 0.940. The van der Waals surface area contributed by atoms with Crippen LogP contribution >= 0.6 is 0 Å². The van der Waals surface area contributed by atoms with E-state index in [1.807, 2.05) is 0 Å². The molecule has 0 aromatic rings. The van der Waals surface area contributed by atoms with Gasteiger partial charge < -0.3 is 15.3 Å². The van der Waals surface area contributed by atoms with Crippen LogP contribution in [0.25, 0.3) is 0 Å². The van der Waals surface area contributed by atoms with E-state index in [-0.39, 0.29) is 6.61 Å². The average molecular weight is 198 g/mol. The fourth-order valence-corrected chi connectivity index (χ4v) is 2.76. The van der Waals surface area contributed by atoms with Crippen molar-refractivity contribution in [2.45, 2.75) is 38.3 Å². The lowest BCUT2D eigenvalue weighted by Crippen LogP contribution is -2.58. The molecular weight excluding hydrogens is 176 g/mol. The number of fused-ring (bicyclic) bond motifs is 3. The van der Waals surface area contributed by atoms with Gasteiger partial charge in [0.1, 0.15) is 0 Å². The molecule has 2 N–H and O–H groups in total. The quantitative estimate of drug-likeness (QED) is 0.688. The van der Waals surface area contributed by atoms with Gasteiger partial charge in [-0.25, -0.2) is 0 Å². The maximum absolute atomic E-state index is 9.15. The van der Waals surface area contributed by atoms with Crippen LogP contribution in [0.4, 0.5) is 0 Å². The number of nitrogens with zero attached hydrogens (tertiary/aromatic N) is 1. The van der Waals surface area contributed by atoms with Crippen molar-refractivity contribution in [3.63, 3.8) is 0 Å². The van der Waals surface area contributed by atoms with E-state index in [1.165, 1.54) is 32.5 Å². The van der Waals surface area contributed by atoms with Gasteiger partial charge in [-0.05, 0) is 38.3 Å². The van der Waals surface area contributed by atoms with E-state index in [4.69, 9.17) is 5.11 Å². The first-order valence-corrected chi connectivity index (χ1v) is 5.92. The molecule has 3 nitrogen and oxygen atoms in total. The van der Waals surface area contributed by atoms with Gasteiger partial charge in [-0.15, -0.1) is 0 Å². The number of nitrogens with one attached hydrogen (secondary N) is 1. The molecule has 3 heteroatoms. The minimum Gasteiger partial charge on any atom is -0.395 e. The molecule has 0 aliphatic carbocycles. The molecule has 14 heavy (non-hydrogen) atoms. The van der Waals surface area contributed by atoms with Crippen molar-refractivity contribution in [1.29, 1.82) is 0 Å². The molecule has 0 amide bonds. The SMILES string of the molecule is CC[C@@H](CO)NC1CN2CCC1CC2. The van der Waals surface area contributed by atoms with Crippen molar-refractivity contribution in [2.24, 2.45) is 5.92 Å². The van der Waals surface area contributed by atoms with Crippen LogP contribution in [0.3, 0.4) is 0 Å². The summed E-state index contributed by atoms with van der Waals surface area (Å²) in [6.07, 6.45) is 3.72. The van der Waals surface area contributed by atoms with Crippen molar-refractivity contribution in [1.82, 2.24) is 10.2 Å². The van der Waals surface area contributed by atoms with Crippen LogP contribution in [0.5, 0.6) is 0 Å². The molecule has 2 bridgehead atoms. The van der Waals surface area contributed by atoms with E-state index in [2.05, 4.69) is 17.1 Å². The highest BCUT2D eigenvalue weighted by Gasteiger charge is 2.34. The zero-order valence-corrected chi connectivity index (χ0v) is 9.08. The van der Waals surface area contributed by atoms with Crippen molar-refractivity contribution in [2.75, 3.05) is 26.2 Å². The summed E-state index contributed by atoms with van der Waals surface area (Å²) in [5.74, 6) is 0.862. The van der Waals surface area contributed by atoms with Gasteiger partial charge >= 0.3 is 0 Å². The maximum atomic E-state index is 9.15. The molecule has 0 aromatic carbocycles. The Labute approximate surface area is 86.5 Å². The lowest BCUT2D eigenvalue weighted by Gasteiger charge is -2.46. The average Bonchev–Trinajstić information content (AvgIpc) is 2.27. The standard InChI is InChI=1S/C11H22N2O/c1-2-10(8-14)12-11-7-13-5-3-9(11)4-6-13/h9-12,14H,2-8H2,1H3/t10-,11?/m0/s1. The third-order valence-corrected chi connectivity index (χ3v) is 3.82. The van der Waals surface area contributed by atoms with Gasteiger partial charge in [0.25, 0.3) is 0 Å². The number of hydrogen-bond acceptors (Lipinski definition) is 3. The third kappa shape index (κ3) is 2.10. The third-order valence-electron chi connectivity index (χ3n) is 3.82. The molecule has 0 radical (unpaired) electrons. The van der Waals surface area contributed by atoms with Gasteiger partial charge in [-0.1, -0.05) is 6.92 Å². The Kier molecular flexibility index (Phi) is 3.42. The molecule has 0 spiro atoms. The first-order chi connectivity index (χ1) is 6.83. The normalized spacial score (nSPS) is 38.6. The van der Waals surface area contributed by atoms with E-state index in [1.54, 1.807) is 0 Å². The second kappa shape index (κ2) is 4.60. The molecule has 1 unspecified atom stereocenters. The molecular formula is C11H22N2O. The van der Waals surface area contributed by atoms with Crippen molar-refractivity contribution >= 4 is 0 Å². The largest absolute Gasteiger partial charge is 0.395 e. The van der Waals surface area contributed by atoms with Crippen molar-refractivity contribution in [3.05, 3.63) is 0 Å². The zero-order chi connectivity index (χ0) is 9.97. The summed E-state index contributed by atoms with van der Waals surface area (Å²) in [7, 11) is 0. The van der Waals surface area contributed by atoms with Crippen LogP contribution < -0.4 is 5.32 Å². The van der Waals surface area contributed by atoms with Crippen LogP contribution in [-0.4, -0.2) is 48.3 Å². The molecule has 3 heterocycles. The van der Waals surface area contributed by atoms with Crippen LogP contribution in [0.1, 0.15) is 26.2 Å². The smallest absolute Gasteiger partial charge is 0.0584 e. The van der Waals surface area contributed by atoms with E-state index < -0.39 is 0 Å². The predicted molar refractivity (Wildman–Crippen MR) is 57.3 cm³/mol. The molecule has 3 aliphatic rings. The topological polar surface area (TPSA) is 35.5 Å². The molecule has 0 saturated carbocycles. The number of aliphatic hydroxyl groups is 1. The molecule has 0 aromatic heterocycles. The molecule has 3 saturated heterocycles. The summed E-state index contributed by atoms with van der Waals surface area (Å²) >= 11 is 0. The molecule has 3 rings (SSSR count). The summed E-state index contributed by atoms with van der Waals surface area (Å²) < 4.78 is 0. The van der Waals surface area contributed by atoms with Crippen molar-refractivity contribution < 1.29 is 5.11 Å². The number of hydrogen-bond donors (Lipinski definition) is 2. The Hall–Kier alpha value is -0.120. The Morgan fingerprint density at radius 1 is 1.43 bits per heavy atom. The zero-order valence-electron chi connectivity index (χ0n) is 9.08. The summed E-state index contributed by atoms with van der Waals surface area (Å²) in [4.78, 5) is 2.54. The van der Waals surface area contributed by atoms with Gasteiger partial charge in [0.2, 0.25) is 0 Å². The van der Waals surface area contributed by atoms with Gasteiger partial charge in [-0.3, -0.25) is 0 Å². The Balaban J connectivity index is 1.86. The molecule has 82 valence electrons. The van der Waals surface area contributed by atoms with Crippen LogP contribution in [0.15, 0.2) is 0 Å². The second-order valence-corrected chi connectivity index (χ2v) is 4.70. The van der Waals surface area contributed by atoms with E-state index >= 15 is 0 Å². The second-order valence-electron chi connectivity index (χ2n) is 4.70. The Morgan fingerprint density at radius 3 is 2.57 bits per heavy atom. The summed E-state index contributed by atoms with van der Waals surface area (Å²) in [6.45, 7) is 6.19. The Morgan fingerprint density at radius 2 is 2.14 bits per heavy atom. The minimum atomic E-state index is 0.278. The molecule has 3 aliphatic heterocycles. The van der Waals surface area contributed by atoms with Crippen molar-refractivity contribution in [3.8, 4) is 0 Å². The fourth-order valence-electron chi connectivity index (χ4n) is 2.76. The highest BCUT2D eigenvalue weighted by Crippen LogP contribution is 2.27. The van der Waals surface area contributed by atoms with Gasteiger partial charge in [0.05, 0.1) is 6.61 Å². The number of piperidine rings is 3. The number of aliphatic hydroxyl groups excluding tert-OH is 1. The predicted octanol–water partition coefficient (Wildman–Crippen LogP) is 0.441. The summed E-state index contributed by atoms with van der Waals surface area (Å²) in [5.41, 5.74) is 0. The lowest BCUT2D eigenvalue weighted by atomic mass is 9.83. The Bertz CT molecular complexity index is 174. The monoisotopic (exact) mass is 198 g/mol. The van der Waals surface area contributed by atoms with Gasteiger partial charge in [0, 0.05) is 18.6 Å². The molecule has 2 atom stereocenters. The van der Waals surface area contributed by atoms with Crippen LogP contribution in [-0.2, 0) is 0 Å². The number of rotatable bonds is 4. The van der Waals surface area contributed by atoms with Crippen LogP contribution in [0, 0.1) is 5.92 Å². The van der Waals surface area contributed by atoms with E-state index in [0.717, 1.165) is 12.3 Å². The fraction of sp³-hybridized carbons (Fsp3) is 1.00. The van der Waals surface area contributed by atoms with Gasteiger partial charge in [0.15, 0.2) is 0 Å². The first-order valence-electron chi connectivity index (χ1n) is 5.92. The highest BCUT2D eigenvalue weighted by molar-refractivity contribution is 4.92. The maximum Gasteiger partial charge on any atom is 0.0584 e. The van der Waals surface area contributed by atoms with E-state index in [0.29, 0.717) is 12.1 Å². The van der Waals surface area contributed by atoms with E-state index in [9.17, 15) is 0 Å². The molecule has 3 fully saturated rings. The first kappa shape index (κ1) is 10.4. The minimum absolute atomic E-state index is 0.278. The highest BCUT2D eigenvalue weighted by atomic mass is 16.3. The lowest BCUT2D eigenvalue weighted by molar-refractivity contribution is 0.0612.